The second kappa shape index (κ2) is 5.01. The number of hydrazine groups is 1. The van der Waals surface area contributed by atoms with Crippen molar-refractivity contribution in [1.29, 1.82) is 0 Å². The van der Waals surface area contributed by atoms with E-state index in [0.717, 1.165) is 24.1 Å². The lowest BCUT2D eigenvalue weighted by Gasteiger charge is -2.20. The molecule has 8 nitrogen and oxygen atoms in total. The van der Waals surface area contributed by atoms with Crippen LogP contribution < -0.4 is 15.6 Å². The number of fused-ring (bicyclic) bond motifs is 3. The zero-order valence-corrected chi connectivity index (χ0v) is 13.9. The summed E-state index contributed by atoms with van der Waals surface area (Å²) in [7, 11) is 0. The van der Waals surface area contributed by atoms with Gasteiger partial charge in [0.05, 0.1) is 11.9 Å². The van der Waals surface area contributed by atoms with Gasteiger partial charge >= 0.3 is 0 Å². The number of amides is 1. The van der Waals surface area contributed by atoms with Gasteiger partial charge in [-0.3, -0.25) is 10.2 Å². The molecule has 0 unspecified atom stereocenters. The first-order valence-electron chi connectivity index (χ1n) is 8.08. The number of hydrogen-bond acceptors (Lipinski definition) is 5. The molecular formula is C16H20N6O2. The number of nitrogens with one attached hydrogen (secondary N) is 2. The van der Waals surface area contributed by atoms with Gasteiger partial charge < -0.3 is 5.21 Å². The number of carbonyl (C=O) groups is 1. The van der Waals surface area contributed by atoms with E-state index in [-0.39, 0.29) is 11.4 Å². The second-order valence-electron chi connectivity index (χ2n) is 7.53. The molecule has 0 spiro atoms. The van der Waals surface area contributed by atoms with Gasteiger partial charge in [0.15, 0.2) is 11.9 Å². The molecule has 2 aromatic heterocycles. The van der Waals surface area contributed by atoms with Crippen LogP contribution in [0.2, 0.25) is 0 Å². The Labute approximate surface area is 139 Å². The predicted molar refractivity (Wildman–Crippen MR) is 85.2 cm³/mol. The van der Waals surface area contributed by atoms with Crippen LogP contribution in [0.3, 0.4) is 0 Å². The third-order valence-corrected chi connectivity index (χ3v) is 4.41. The van der Waals surface area contributed by atoms with Crippen molar-refractivity contribution < 1.29 is 9.52 Å². The van der Waals surface area contributed by atoms with E-state index in [2.05, 4.69) is 20.9 Å². The van der Waals surface area contributed by atoms with Gasteiger partial charge in [0.1, 0.15) is 0 Å². The van der Waals surface area contributed by atoms with Crippen LogP contribution in [0.5, 0.6) is 0 Å². The molecule has 8 heteroatoms. The summed E-state index contributed by atoms with van der Waals surface area (Å²) in [6, 6.07) is 0. The van der Waals surface area contributed by atoms with Crippen molar-refractivity contribution in [2.75, 3.05) is 0 Å². The van der Waals surface area contributed by atoms with Crippen LogP contribution in [0, 0.1) is 11.1 Å². The summed E-state index contributed by atoms with van der Waals surface area (Å²) in [5.41, 5.74) is 7.88. The highest BCUT2D eigenvalue weighted by molar-refractivity contribution is 5.94. The number of rotatable bonds is 3. The zero-order chi connectivity index (χ0) is 17.1. The van der Waals surface area contributed by atoms with Crippen molar-refractivity contribution in [2.45, 2.75) is 45.1 Å². The van der Waals surface area contributed by atoms with Crippen LogP contribution in [-0.2, 0) is 6.42 Å². The Bertz CT molecular complexity index is 822. The fourth-order valence-corrected chi connectivity index (χ4v) is 3.25. The van der Waals surface area contributed by atoms with Gasteiger partial charge in [-0.1, -0.05) is 0 Å². The Morgan fingerprint density at radius 3 is 2.96 bits per heavy atom. The van der Waals surface area contributed by atoms with Crippen molar-refractivity contribution in [2.24, 2.45) is 5.92 Å². The van der Waals surface area contributed by atoms with Gasteiger partial charge in [-0.2, -0.15) is 9.83 Å². The molecule has 0 radical (unpaired) electrons. The van der Waals surface area contributed by atoms with Crippen molar-refractivity contribution in [3.63, 3.8) is 0 Å². The molecule has 1 amide bonds. The van der Waals surface area contributed by atoms with Crippen LogP contribution in [0.15, 0.2) is 18.6 Å². The Balaban J connectivity index is 1.71. The average Bonchev–Trinajstić information content (AvgIpc) is 3.01. The van der Waals surface area contributed by atoms with Gasteiger partial charge in [-0.25, -0.2) is 15.1 Å². The van der Waals surface area contributed by atoms with E-state index in [1.807, 2.05) is 20.8 Å². The van der Waals surface area contributed by atoms with Gasteiger partial charge in [0.2, 0.25) is 12.0 Å². The first kappa shape index (κ1) is 15.1. The third-order valence-electron chi connectivity index (χ3n) is 4.41. The molecule has 126 valence electrons. The van der Waals surface area contributed by atoms with E-state index >= 15 is 0 Å². The number of carbonyl (C=O) groups excluding carboxylic acids is 1. The SMILES string of the molecule is CC(C)(C)NNC(=O)c1nn(-c2c[n+]([O-])ccn2)c2c1C[C@@H]1C[C@H]21. The van der Waals surface area contributed by atoms with Crippen LogP contribution >= 0.6 is 0 Å². The molecule has 0 saturated heterocycles. The monoisotopic (exact) mass is 328 g/mol. The normalized spacial score (nSPS) is 21.3. The maximum Gasteiger partial charge on any atom is 0.286 e. The molecule has 2 heterocycles. The zero-order valence-electron chi connectivity index (χ0n) is 13.9. The van der Waals surface area contributed by atoms with E-state index in [1.54, 1.807) is 4.68 Å². The second-order valence-corrected chi connectivity index (χ2v) is 7.53. The molecule has 2 aliphatic rings. The van der Waals surface area contributed by atoms with Crippen molar-refractivity contribution in [3.05, 3.63) is 40.7 Å². The smallest absolute Gasteiger partial charge is 0.286 e. The maximum atomic E-state index is 12.5. The van der Waals surface area contributed by atoms with Crippen LogP contribution in [-0.4, -0.2) is 26.2 Å². The first-order valence-corrected chi connectivity index (χ1v) is 8.08. The first-order chi connectivity index (χ1) is 11.3. The van der Waals surface area contributed by atoms with E-state index in [4.69, 9.17) is 0 Å². The third kappa shape index (κ3) is 2.52. The van der Waals surface area contributed by atoms with Crippen molar-refractivity contribution in [1.82, 2.24) is 25.6 Å². The molecule has 1 fully saturated rings. The Kier molecular flexibility index (Phi) is 3.14. The Hall–Kier alpha value is -2.48. The molecule has 0 bridgehead atoms. The van der Waals surface area contributed by atoms with Crippen molar-refractivity contribution in [3.8, 4) is 5.82 Å². The molecule has 0 aliphatic heterocycles. The van der Waals surface area contributed by atoms with Gasteiger partial charge in [0, 0.05) is 17.0 Å². The fourth-order valence-electron chi connectivity index (χ4n) is 3.25. The molecule has 0 aromatic carbocycles. The molecule has 2 aromatic rings. The Morgan fingerprint density at radius 2 is 2.25 bits per heavy atom. The largest absolute Gasteiger partial charge is 0.619 e. The molecule has 2 N–H and O–H groups in total. The Morgan fingerprint density at radius 1 is 1.46 bits per heavy atom. The summed E-state index contributed by atoms with van der Waals surface area (Å²) in [5, 5.41) is 16.0. The van der Waals surface area contributed by atoms with Crippen LogP contribution in [0.4, 0.5) is 0 Å². The van der Waals surface area contributed by atoms with Gasteiger partial charge in [-0.05, 0) is 39.5 Å². The van der Waals surface area contributed by atoms with Gasteiger partial charge in [-0.15, -0.1) is 0 Å². The summed E-state index contributed by atoms with van der Waals surface area (Å²) in [4.78, 5) is 16.8. The maximum absolute atomic E-state index is 12.5. The predicted octanol–water partition coefficient (Wildman–Crippen LogP) is 0.593. The molecule has 2 atom stereocenters. The molecule has 24 heavy (non-hydrogen) atoms. The quantitative estimate of drug-likeness (QED) is 0.488. The number of hydrogen-bond donors (Lipinski definition) is 2. The van der Waals surface area contributed by atoms with Gasteiger partial charge in [0.25, 0.3) is 5.91 Å². The highest BCUT2D eigenvalue weighted by atomic mass is 16.5. The average molecular weight is 328 g/mol. The molecular weight excluding hydrogens is 308 g/mol. The van der Waals surface area contributed by atoms with E-state index in [0.29, 0.717) is 28.1 Å². The van der Waals surface area contributed by atoms with Crippen LogP contribution in [0.25, 0.3) is 5.82 Å². The molecule has 4 rings (SSSR count). The minimum Gasteiger partial charge on any atom is -0.619 e. The highest BCUT2D eigenvalue weighted by Gasteiger charge is 2.50. The lowest BCUT2D eigenvalue weighted by molar-refractivity contribution is -0.605. The standard InChI is InChI=1S/C16H20N6O2/c1-16(2,3)20-18-15(23)13-11-7-9-6-10(9)14(11)22(19-13)12-8-21(24)5-4-17-12/h4-5,8-10,20H,6-7H2,1-3H3,(H,18,23)/t9-,10-/m0/s1. The van der Waals surface area contributed by atoms with E-state index in [1.165, 1.54) is 18.6 Å². The summed E-state index contributed by atoms with van der Waals surface area (Å²) in [6.07, 6.45) is 6.12. The van der Waals surface area contributed by atoms with E-state index < -0.39 is 0 Å². The van der Waals surface area contributed by atoms with Crippen LogP contribution in [0.1, 0.15) is 54.9 Å². The number of nitrogens with zero attached hydrogens (tertiary/aromatic N) is 4. The molecule has 2 aliphatic carbocycles. The summed E-state index contributed by atoms with van der Waals surface area (Å²) in [6.45, 7) is 5.89. The topological polar surface area (TPSA) is 98.8 Å². The summed E-state index contributed by atoms with van der Waals surface area (Å²) >= 11 is 0. The summed E-state index contributed by atoms with van der Waals surface area (Å²) < 4.78 is 2.35. The summed E-state index contributed by atoms with van der Waals surface area (Å²) in [5.74, 6) is 1.20. The lowest BCUT2D eigenvalue weighted by Crippen LogP contribution is -2.49. The molecule has 1 saturated carbocycles. The van der Waals surface area contributed by atoms with E-state index in [9.17, 15) is 10.0 Å². The minimum absolute atomic E-state index is 0.237. The highest BCUT2D eigenvalue weighted by Crippen LogP contribution is 2.57. The van der Waals surface area contributed by atoms with Crippen molar-refractivity contribution >= 4 is 5.91 Å². The minimum atomic E-state index is -0.257. The lowest BCUT2D eigenvalue weighted by atomic mass is 10.1. The number of aromatic nitrogens is 4. The fraction of sp³-hybridized carbons (Fsp3) is 0.500.